The van der Waals surface area contributed by atoms with Gasteiger partial charge in [0.25, 0.3) is 0 Å². The van der Waals surface area contributed by atoms with E-state index in [0.29, 0.717) is 23.7 Å². The van der Waals surface area contributed by atoms with Crippen LogP contribution in [-0.4, -0.2) is 37.5 Å². The smallest absolute Gasteiger partial charge is 0.150 e. The van der Waals surface area contributed by atoms with E-state index in [1.54, 1.807) is 13.8 Å². The van der Waals surface area contributed by atoms with E-state index in [2.05, 4.69) is 151 Å². The van der Waals surface area contributed by atoms with Gasteiger partial charge in [-0.25, -0.2) is 0 Å². The molecule has 0 amide bonds. The maximum absolute atomic E-state index is 7.57. The lowest BCUT2D eigenvalue weighted by atomic mass is 9.69. The second-order valence-electron chi connectivity index (χ2n) is 12.8. The van der Waals surface area contributed by atoms with E-state index >= 15 is 0 Å². The Kier molecular flexibility index (Phi) is 25.8. The summed E-state index contributed by atoms with van der Waals surface area (Å²) in [5, 5.41) is 21.4. The highest BCUT2D eigenvalue weighted by Crippen LogP contribution is 2.38. The van der Waals surface area contributed by atoms with Crippen LogP contribution in [0.5, 0.6) is 0 Å². The fourth-order valence-electron chi connectivity index (χ4n) is 6.51. The van der Waals surface area contributed by atoms with Crippen LogP contribution < -0.4 is 35.4 Å². The van der Waals surface area contributed by atoms with Gasteiger partial charge in [0.15, 0.2) is 0 Å². The first-order chi connectivity index (χ1) is 22.9. The molecule has 0 aromatic heterocycles. The summed E-state index contributed by atoms with van der Waals surface area (Å²) in [4.78, 5) is 0. The monoisotopic (exact) mass is 766 g/mol. The Hall–Kier alpha value is -2.12. The van der Waals surface area contributed by atoms with Crippen LogP contribution in [0.3, 0.4) is 0 Å². The molecule has 0 unspecified atom stereocenters. The number of aliphatic hydroxyl groups excluding tert-OH is 2. The minimum atomic E-state index is -0.0833. The summed E-state index contributed by atoms with van der Waals surface area (Å²) in [6, 6.07) is 38.2. The molecular weight excluding hydrogens is 706 g/mol. The minimum Gasteiger partial charge on any atom is -1.00 e. The van der Waals surface area contributed by atoms with E-state index in [0.717, 1.165) is 10.0 Å². The first kappa shape index (κ1) is 50.0. The van der Waals surface area contributed by atoms with Crippen LogP contribution >= 0.6 is 23.2 Å². The Balaban J connectivity index is 0. The van der Waals surface area contributed by atoms with Gasteiger partial charge in [0.05, 0.1) is 14.1 Å². The SMILES string of the molecule is CCO.CCO.C[NH2+][C@@](c1ccccc1)(c1ccc(Cl)cc1)[C@H](C)C(C)C.C[NH2+][C@@](c1ccccc1)(c1ccc(Cl)cc1)[C@H](C)C(C)C.[Cl-].[Cl-]. The predicted molar refractivity (Wildman–Crippen MR) is 207 cm³/mol. The molecule has 50 heavy (non-hydrogen) atoms. The van der Waals surface area contributed by atoms with Crippen LogP contribution in [0.1, 0.15) is 77.6 Å². The Labute approximate surface area is 326 Å². The van der Waals surface area contributed by atoms with Gasteiger partial charge in [-0.05, 0) is 49.9 Å². The van der Waals surface area contributed by atoms with Crippen LogP contribution in [0.25, 0.3) is 0 Å². The van der Waals surface area contributed by atoms with Gasteiger partial charge >= 0.3 is 0 Å². The molecule has 0 aliphatic rings. The van der Waals surface area contributed by atoms with E-state index in [4.69, 9.17) is 33.4 Å². The van der Waals surface area contributed by atoms with Gasteiger partial charge in [0.1, 0.15) is 11.1 Å². The highest BCUT2D eigenvalue weighted by molar-refractivity contribution is 6.30. The van der Waals surface area contributed by atoms with Crippen molar-refractivity contribution in [1.82, 2.24) is 0 Å². The summed E-state index contributed by atoms with van der Waals surface area (Å²) in [5.74, 6) is 2.14. The number of quaternary nitrogens is 2. The molecule has 0 aliphatic heterocycles. The Morgan fingerprint density at radius 1 is 0.480 bits per heavy atom. The minimum absolute atomic E-state index is 0. The number of hydrogen-bond acceptors (Lipinski definition) is 2. The number of benzene rings is 4. The van der Waals surface area contributed by atoms with Crippen LogP contribution in [0.2, 0.25) is 10.0 Å². The fraction of sp³-hybridized carbons (Fsp3) is 0.429. The number of nitrogens with two attached hydrogens (primary N) is 2. The molecule has 4 rings (SSSR count). The second kappa shape index (κ2) is 25.8. The van der Waals surface area contributed by atoms with E-state index in [1.807, 2.05) is 24.3 Å². The van der Waals surface area contributed by atoms with Gasteiger partial charge in [-0.15, -0.1) is 0 Å². The van der Waals surface area contributed by atoms with E-state index < -0.39 is 0 Å². The fourth-order valence-corrected chi connectivity index (χ4v) is 6.76. The molecule has 0 aliphatic carbocycles. The van der Waals surface area contributed by atoms with Gasteiger partial charge in [-0.3, -0.25) is 0 Å². The van der Waals surface area contributed by atoms with Crippen molar-refractivity contribution in [3.05, 3.63) is 141 Å². The molecule has 4 nitrogen and oxygen atoms in total. The van der Waals surface area contributed by atoms with Crippen molar-refractivity contribution >= 4 is 23.2 Å². The highest BCUT2D eigenvalue weighted by Gasteiger charge is 2.44. The van der Waals surface area contributed by atoms with Crippen molar-refractivity contribution in [2.45, 2.75) is 66.5 Å². The summed E-state index contributed by atoms with van der Waals surface area (Å²) >= 11 is 12.2. The first-order valence-electron chi connectivity index (χ1n) is 17.3. The maximum Gasteiger partial charge on any atom is 0.150 e. The molecule has 0 saturated heterocycles. The Morgan fingerprint density at radius 2 is 0.700 bits per heavy atom. The number of rotatable bonds is 10. The van der Waals surface area contributed by atoms with Gasteiger partial charge in [-0.1, -0.05) is 150 Å². The van der Waals surface area contributed by atoms with Gasteiger partial charge in [0, 0.05) is 57.3 Å². The van der Waals surface area contributed by atoms with Crippen molar-refractivity contribution in [2.75, 3.05) is 27.3 Å². The molecule has 8 heteroatoms. The largest absolute Gasteiger partial charge is 1.00 e. The molecule has 4 atom stereocenters. The molecular formula is C42H62Cl4N2O2. The van der Waals surface area contributed by atoms with Crippen LogP contribution in [0.4, 0.5) is 0 Å². The molecule has 4 aromatic carbocycles. The standard InChI is InChI=1S/2C19H24ClN.2C2H6O.2ClH/c2*1-14(2)15(3)19(21-4,16-8-6-5-7-9-16)17-10-12-18(20)13-11-17;2*1-2-3;;/h2*5-15,21H,1-4H3;2*3H,2H2,1H3;2*1H/t2*15-,19+;;;;/m11..../s1. The summed E-state index contributed by atoms with van der Waals surface area (Å²) in [6.07, 6.45) is 0. The predicted octanol–water partition coefficient (Wildman–Crippen LogP) is 2.14. The van der Waals surface area contributed by atoms with Crippen LogP contribution in [-0.2, 0) is 11.1 Å². The van der Waals surface area contributed by atoms with Crippen molar-refractivity contribution in [3.8, 4) is 0 Å². The summed E-state index contributed by atoms with van der Waals surface area (Å²) in [5.41, 5.74) is 5.13. The second-order valence-corrected chi connectivity index (χ2v) is 13.6. The van der Waals surface area contributed by atoms with Crippen molar-refractivity contribution in [2.24, 2.45) is 23.7 Å². The Morgan fingerprint density at radius 3 is 0.900 bits per heavy atom. The topological polar surface area (TPSA) is 73.7 Å². The molecule has 0 spiro atoms. The lowest BCUT2D eigenvalue weighted by molar-refractivity contribution is -0.712. The van der Waals surface area contributed by atoms with Crippen molar-refractivity contribution < 1.29 is 45.7 Å². The van der Waals surface area contributed by atoms with Crippen molar-refractivity contribution in [3.63, 3.8) is 0 Å². The van der Waals surface area contributed by atoms with E-state index in [1.165, 1.54) is 22.3 Å². The van der Waals surface area contributed by atoms with E-state index in [9.17, 15) is 0 Å². The normalized spacial score (nSPS) is 13.9. The molecule has 0 saturated carbocycles. The van der Waals surface area contributed by atoms with E-state index in [-0.39, 0.29) is 49.1 Å². The average Bonchev–Trinajstić information content (AvgIpc) is 3.09. The van der Waals surface area contributed by atoms with Crippen molar-refractivity contribution in [1.29, 1.82) is 0 Å². The average molecular weight is 769 g/mol. The quantitative estimate of drug-likeness (QED) is 0.200. The summed E-state index contributed by atoms with van der Waals surface area (Å²) in [7, 11) is 4.33. The molecule has 6 N–H and O–H groups in total. The van der Waals surface area contributed by atoms with Gasteiger partial charge in [0.2, 0.25) is 0 Å². The van der Waals surface area contributed by atoms with Crippen LogP contribution in [0, 0.1) is 23.7 Å². The zero-order chi connectivity index (χ0) is 36.3. The zero-order valence-electron chi connectivity index (χ0n) is 31.7. The summed E-state index contributed by atoms with van der Waals surface area (Å²) in [6.45, 7) is 17.7. The molecule has 0 radical (unpaired) electrons. The first-order valence-corrected chi connectivity index (χ1v) is 18.1. The Bertz CT molecular complexity index is 1280. The third kappa shape index (κ3) is 13.1. The zero-order valence-corrected chi connectivity index (χ0v) is 34.7. The highest BCUT2D eigenvalue weighted by atomic mass is 35.5. The lowest BCUT2D eigenvalue weighted by Gasteiger charge is -2.39. The third-order valence-corrected chi connectivity index (χ3v) is 10.00. The molecule has 280 valence electrons. The number of hydrogen-bond donors (Lipinski definition) is 4. The van der Waals surface area contributed by atoms with Gasteiger partial charge < -0.3 is 45.7 Å². The number of aliphatic hydroxyl groups is 2. The summed E-state index contributed by atoms with van der Waals surface area (Å²) < 4.78 is 0. The van der Waals surface area contributed by atoms with Crippen LogP contribution in [0.15, 0.2) is 109 Å². The van der Waals surface area contributed by atoms with Gasteiger partial charge in [-0.2, -0.15) is 0 Å². The lowest BCUT2D eigenvalue weighted by Crippen LogP contribution is -3.00. The molecule has 4 aromatic rings. The maximum atomic E-state index is 7.57. The molecule has 0 fully saturated rings. The number of halogens is 4. The third-order valence-electron chi connectivity index (χ3n) is 9.49. The molecule has 0 bridgehead atoms. The molecule has 0 heterocycles.